The molecule has 0 radical (unpaired) electrons. The quantitative estimate of drug-likeness (QED) is 0.416. The van der Waals surface area contributed by atoms with Crippen molar-refractivity contribution < 1.29 is 36.8 Å². The molecule has 0 aromatic carbocycles. The van der Waals surface area contributed by atoms with Crippen molar-refractivity contribution in [3.8, 4) is 0 Å². The lowest BCUT2D eigenvalue weighted by Crippen LogP contribution is -2.16. The van der Waals surface area contributed by atoms with Crippen LogP contribution in [0, 0.1) is 0 Å². The van der Waals surface area contributed by atoms with Gasteiger partial charge in [-0.05, 0) is 32.2 Å². The van der Waals surface area contributed by atoms with Crippen LogP contribution in [0.15, 0.2) is 0 Å². The second kappa shape index (κ2) is 7.16. The van der Waals surface area contributed by atoms with Crippen LogP contribution in [0.25, 0.3) is 0 Å². The number of hydrogen-bond acceptors (Lipinski definition) is 8. The normalized spacial score (nSPS) is 12.7. The fourth-order valence-electron chi connectivity index (χ4n) is 0.437. The first-order valence-electron chi connectivity index (χ1n) is 3.70. The van der Waals surface area contributed by atoms with Gasteiger partial charge in [-0.1, -0.05) is 0 Å². The van der Waals surface area contributed by atoms with E-state index in [0.29, 0.717) is 0 Å². The van der Waals surface area contributed by atoms with E-state index in [9.17, 15) is 18.7 Å². The minimum absolute atomic E-state index is 0.917. The van der Waals surface area contributed by atoms with E-state index in [4.69, 9.17) is 23.2 Å². The SMILES string of the molecule is CC(=O)O[P+](=O)OC(Cl)(Cl)O[P+](=O)OC(C)=O. The number of rotatable bonds is 6. The smallest absolute Gasteiger partial charge is 0.247 e. The third kappa shape index (κ3) is 9.35. The van der Waals surface area contributed by atoms with Gasteiger partial charge in [0.1, 0.15) is 0 Å². The van der Waals surface area contributed by atoms with Crippen LogP contribution in [-0.4, -0.2) is 16.6 Å². The molecule has 96 valence electrons. The Labute approximate surface area is 107 Å². The Morgan fingerprint density at radius 2 is 1.24 bits per heavy atom. The largest absolute Gasteiger partial charge is 0.759 e. The average molecular weight is 327 g/mol. The number of alkyl halides is 2. The van der Waals surface area contributed by atoms with Crippen molar-refractivity contribution in [2.45, 2.75) is 18.6 Å². The molecule has 0 aromatic rings. The molecule has 0 heterocycles. The number of hydrogen-bond donors (Lipinski definition) is 0. The number of carbonyl (C=O) groups excluding carboxylic acids is 2. The Bertz CT molecular complexity index is 324. The van der Waals surface area contributed by atoms with Gasteiger partial charge in [-0.3, -0.25) is 0 Å². The van der Waals surface area contributed by atoms with Crippen LogP contribution in [0.5, 0.6) is 0 Å². The molecule has 0 bridgehead atoms. The summed E-state index contributed by atoms with van der Waals surface area (Å²) >= 11 is 10.5. The molecule has 2 unspecified atom stereocenters. The Morgan fingerprint density at radius 1 is 0.941 bits per heavy atom. The van der Waals surface area contributed by atoms with Crippen molar-refractivity contribution in [1.82, 2.24) is 0 Å². The summed E-state index contributed by atoms with van der Waals surface area (Å²) in [6.45, 7) is 1.92. The Hall–Kier alpha value is -0.360. The fraction of sp³-hybridized carbons (Fsp3) is 0.600. The highest BCUT2D eigenvalue weighted by atomic mass is 35.5. The zero-order valence-corrected chi connectivity index (χ0v) is 11.7. The lowest BCUT2D eigenvalue weighted by Gasteiger charge is -2.01. The first-order valence-corrected chi connectivity index (χ1v) is 6.64. The highest BCUT2D eigenvalue weighted by Gasteiger charge is 2.50. The van der Waals surface area contributed by atoms with E-state index in [1.54, 1.807) is 0 Å². The molecule has 0 aliphatic rings. The molecule has 0 saturated carbocycles. The van der Waals surface area contributed by atoms with Crippen LogP contribution < -0.4 is 0 Å². The molecule has 0 N–H and O–H groups in total. The van der Waals surface area contributed by atoms with Crippen molar-refractivity contribution in [2.75, 3.05) is 0 Å². The summed E-state index contributed by atoms with van der Waals surface area (Å²) in [5, 5.41) is 0. The first kappa shape index (κ1) is 16.6. The molecule has 0 aromatic heterocycles. The van der Waals surface area contributed by atoms with Gasteiger partial charge in [-0.2, -0.15) is 9.05 Å². The van der Waals surface area contributed by atoms with Crippen molar-refractivity contribution in [3.05, 3.63) is 0 Å². The van der Waals surface area contributed by atoms with E-state index in [1.807, 2.05) is 0 Å². The van der Waals surface area contributed by atoms with Gasteiger partial charge in [-0.15, -0.1) is 0 Å². The molecule has 12 heteroatoms. The molecule has 17 heavy (non-hydrogen) atoms. The van der Waals surface area contributed by atoms with Gasteiger partial charge >= 0.3 is 33.2 Å². The van der Waals surface area contributed by atoms with E-state index in [1.165, 1.54) is 0 Å². The van der Waals surface area contributed by atoms with E-state index in [-0.39, 0.29) is 0 Å². The monoisotopic (exact) mass is 326 g/mol. The second-order valence-electron chi connectivity index (χ2n) is 2.26. The number of halogens is 2. The molecular weight excluding hydrogens is 321 g/mol. The zero-order valence-electron chi connectivity index (χ0n) is 8.42. The summed E-state index contributed by atoms with van der Waals surface area (Å²) in [5.74, 6) is -1.83. The molecule has 0 rings (SSSR count). The van der Waals surface area contributed by atoms with Crippen LogP contribution in [0.2, 0.25) is 0 Å². The van der Waals surface area contributed by atoms with Crippen molar-refractivity contribution in [3.63, 3.8) is 0 Å². The van der Waals surface area contributed by atoms with Crippen molar-refractivity contribution in [2.24, 2.45) is 0 Å². The predicted molar refractivity (Wildman–Crippen MR) is 55.4 cm³/mol. The van der Waals surface area contributed by atoms with Crippen LogP contribution >= 0.6 is 39.7 Å². The topological polar surface area (TPSA) is 105 Å². The van der Waals surface area contributed by atoms with Gasteiger partial charge in [0.05, 0.1) is 0 Å². The molecule has 2 atom stereocenters. The summed E-state index contributed by atoms with van der Waals surface area (Å²) in [5.41, 5.74) is 0. The highest BCUT2D eigenvalue weighted by Crippen LogP contribution is 2.44. The van der Waals surface area contributed by atoms with Gasteiger partial charge < -0.3 is 0 Å². The zero-order chi connectivity index (χ0) is 13.6. The third-order valence-corrected chi connectivity index (χ3v) is 3.13. The number of carbonyl (C=O) groups is 2. The summed E-state index contributed by atoms with van der Waals surface area (Å²) < 4.78 is 35.6. The predicted octanol–water partition coefficient (Wildman–Crippen LogP) is 2.55. The molecule has 0 amide bonds. The minimum Gasteiger partial charge on any atom is -0.247 e. The van der Waals surface area contributed by atoms with E-state index < -0.39 is 33.2 Å². The van der Waals surface area contributed by atoms with Gasteiger partial charge in [0.25, 0.3) is 0 Å². The Morgan fingerprint density at radius 3 is 1.47 bits per heavy atom. The minimum atomic E-state index is -3.02. The molecule has 0 fully saturated rings. The maximum absolute atomic E-state index is 10.9. The van der Waals surface area contributed by atoms with E-state index >= 15 is 0 Å². The summed E-state index contributed by atoms with van der Waals surface area (Å²) in [7, 11) is -6.03. The Kier molecular flexibility index (Phi) is 7.01. The molecule has 8 nitrogen and oxygen atoms in total. The molecule has 0 spiro atoms. The van der Waals surface area contributed by atoms with Gasteiger partial charge in [0.15, 0.2) is 0 Å². The van der Waals surface area contributed by atoms with Gasteiger partial charge in [0, 0.05) is 23.0 Å². The standard InChI is InChI=1S/C5H6Cl2O8P2/c1-3(8)12-16(10)14-5(6,7)15-17(11)13-4(2)9/h1-2H3/q+2. The van der Waals surface area contributed by atoms with Crippen molar-refractivity contribution in [1.29, 1.82) is 0 Å². The summed E-state index contributed by atoms with van der Waals surface area (Å²) in [4.78, 5) is 20.7. The lowest BCUT2D eigenvalue weighted by atomic mass is 10.9. The van der Waals surface area contributed by atoms with Gasteiger partial charge in [0.2, 0.25) is 0 Å². The van der Waals surface area contributed by atoms with Gasteiger partial charge in [-0.25, -0.2) is 9.59 Å². The van der Waals surface area contributed by atoms with Crippen LogP contribution in [0.3, 0.4) is 0 Å². The first-order chi connectivity index (χ1) is 7.62. The second-order valence-corrected chi connectivity index (χ2v) is 5.07. The van der Waals surface area contributed by atoms with Crippen LogP contribution in [0.4, 0.5) is 0 Å². The van der Waals surface area contributed by atoms with Crippen molar-refractivity contribution >= 4 is 51.7 Å². The van der Waals surface area contributed by atoms with Crippen LogP contribution in [0.1, 0.15) is 13.8 Å². The molecule has 0 saturated heterocycles. The highest BCUT2D eigenvalue weighted by molar-refractivity contribution is 7.35. The maximum atomic E-state index is 10.9. The summed E-state index contributed by atoms with van der Waals surface area (Å²) in [6.07, 6.45) is 0. The maximum Gasteiger partial charge on any atom is 0.759 e. The average Bonchev–Trinajstić information content (AvgIpc) is 1.95. The van der Waals surface area contributed by atoms with Crippen LogP contribution in [-0.2, 0) is 36.8 Å². The lowest BCUT2D eigenvalue weighted by molar-refractivity contribution is -0.132. The molecule has 0 aliphatic heterocycles. The Balaban J connectivity index is 4.28. The third-order valence-electron chi connectivity index (χ3n) is 0.768. The van der Waals surface area contributed by atoms with E-state index in [0.717, 1.165) is 13.8 Å². The molecular formula is C5H6Cl2O8P2+2. The fourth-order valence-corrected chi connectivity index (χ4v) is 2.09. The van der Waals surface area contributed by atoms with E-state index in [2.05, 4.69) is 18.1 Å². The molecule has 0 aliphatic carbocycles. The summed E-state index contributed by atoms with van der Waals surface area (Å²) in [6, 6.07) is 0.